The minimum absolute atomic E-state index is 0.0304. The molecule has 8 nitrogen and oxygen atoms in total. The lowest BCUT2D eigenvalue weighted by Crippen LogP contribution is -2.49. The molecule has 2 amide bonds. The number of nitrogens with one attached hydrogen (secondary N) is 1. The van der Waals surface area contributed by atoms with E-state index in [-0.39, 0.29) is 18.1 Å². The lowest BCUT2D eigenvalue weighted by atomic mass is 9.97. The van der Waals surface area contributed by atoms with Crippen molar-refractivity contribution >= 4 is 22.6 Å². The number of primary amides is 1. The van der Waals surface area contributed by atoms with Crippen LogP contribution in [0.1, 0.15) is 56.5 Å². The highest BCUT2D eigenvalue weighted by Crippen LogP contribution is 2.33. The summed E-state index contributed by atoms with van der Waals surface area (Å²) in [5, 5.41) is 4.32. The third-order valence-corrected chi connectivity index (χ3v) is 6.14. The van der Waals surface area contributed by atoms with Crippen molar-refractivity contribution < 1.29 is 19.1 Å². The molecule has 1 aromatic heterocycles. The normalized spacial score (nSPS) is 18.5. The number of fused-ring (bicyclic) bond motifs is 1. The molecule has 4 rings (SSSR count). The summed E-state index contributed by atoms with van der Waals surface area (Å²) in [5.74, 6) is 7.15. The van der Waals surface area contributed by atoms with Gasteiger partial charge in [-0.15, -0.1) is 0 Å². The van der Waals surface area contributed by atoms with Crippen LogP contribution in [0.5, 0.6) is 11.6 Å². The van der Waals surface area contributed by atoms with Gasteiger partial charge in [-0.3, -0.25) is 14.5 Å². The molecule has 3 heterocycles. The molecule has 2 aliphatic heterocycles. The molecule has 0 bridgehead atoms. The van der Waals surface area contributed by atoms with Crippen molar-refractivity contribution in [2.75, 3.05) is 19.7 Å². The zero-order valence-electron chi connectivity index (χ0n) is 20.2. The molecule has 1 aromatic carbocycles. The van der Waals surface area contributed by atoms with Gasteiger partial charge in [0.05, 0.1) is 23.3 Å². The van der Waals surface area contributed by atoms with E-state index in [9.17, 15) is 9.59 Å². The number of hydrogen-bond donors (Lipinski definition) is 2. The Labute approximate surface area is 200 Å². The van der Waals surface area contributed by atoms with Crippen molar-refractivity contribution in [1.82, 2.24) is 15.2 Å². The van der Waals surface area contributed by atoms with E-state index in [1.54, 1.807) is 18.3 Å². The van der Waals surface area contributed by atoms with Crippen molar-refractivity contribution in [3.05, 3.63) is 29.5 Å². The molecular formula is C26H32N4O4. The van der Waals surface area contributed by atoms with Gasteiger partial charge >= 0.3 is 0 Å². The Hall–Kier alpha value is -3.31. The number of carbonyl (C=O) groups excluding carboxylic acids is 2. The second-order valence-corrected chi connectivity index (χ2v) is 9.53. The summed E-state index contributed by atoms with van der Waals surface area (Å²) < 4.78 is 11.9. The number of nitrogens with two attached hydrogens (primary N) is 1. The molecule has 2 aromatic rings. The van der Waals surface area contributed by atoms with Crippen molar-refractivity contribution in [3.63, 3.8) is 0 Å². The summed E-state index contributed by atoms with van der Waals surface area (Å²) in [6, 6.07) is 3.92. The van der Waals surface area contributed by atoms with Gasteiger partial charge in [-0.05, 0) is 46.2 Å². The van der Waals surface area contributed by atoms with Crippen molar-refractivity contribution in [1.29, 1.82) is 0 Å². The van der Waals surface area contributed by atoms with Crippen LogP contribution >= 0.6 is 0 Å². The average molecular weight is 465 g/mol. The van der Waals surface area contributed by atoms with Gasteiger partial charge in [0, 0.05) is 48.4 Å². The Morgan fingerprint density at radius 2 is 2.03 bits per heavy atom. The van der Waals surface area contributed by atoms with Crippen LogP contribution in [0.3, 0.4) is 0 Å². The Morgan fingerprint density at radius 1 is 1.26 bits per heavy atom. The molecule has 34 heavy (non-hydrogen) atoms. The van der Waals surface area contributed by atoms with Crippen LogP contribution in [0.15, 0.2) is 18.3 Å². The van der Waals surface area contributed by atoms with Gasteiger partial charge in [-0.2, -0.15) is 0 Å². The van der Waals surface area contributed by atoms with Gasteiger partial charge in [0.1, 0.15) is 12.4 Å². The third kappa shape index (κ3) is 5.26. The third-order valence-electron chi connectivity index (χ3n) is 6.14. The first-order valence-corrected chi connectivity index (χ1v) is 11.8. The number of likely N-dealkylation sites (tertiary alicyclic amines) is 1. The van der Waals surface area contributed by atoms with Crippen molar-refractivity contribution in [2.24, 2.45) is 11.7 Å². The van der Waals surface area contributed by atoms with Gasteiger partial charge < -0.3 is 20.5 Å². The Balaban J connectivity index is 1.70. The number of carbonyl (C=O) groups is 2. The van der Waals surface area contributed by atoms with Gasteiger partial charge in [-0.25, -0.2) is 4.98 Å². The van der Waals surface area contributed by atoms with Gasteiger partial charge in [-0.1, -0.05) is 11.8 Å². The number of nitrogens with zero attached hydrogens (tertiary/aromatic N) is 2. The van der Waals surface area contributed by atoms with Crippen LogP contribution in [-0.4, -0.2) is 59.6 Å². The second-order valence-electron chi connectivity index (χ2n) is 9.53. The van der Waals surface area contributed by atoms with Crippen LogP contribution in [0, 0.1) is 17.8 Å². The SMILES string of the molecule is CC(C)Oc1cc2c(OCC3CCC(=O)N3)ncc(C#CC3CN(C(C)C)C3)c2cc1C(N)=O. The van der Waals surface area contributed by atoms with Gasteiger partial charge in [0.15, 0.2) is 0 Å². The number of pyridine rings is 1. The summed E-state index contributed by atoms with van der Waals surface area (Å²) in [5.41, 5.74) is 6.67. The number of aromatic nitrogens is 1. The Bertz CT molecular complexity index is 1160. The van der Waals surface area contributed by atoms with Crippen LogP contribution in [0.4, 0.5) is 0 Å². The number of hydrogen-bond acceptors (Lipinski definition) is 6. The summed E-state index contributed by atoms with van der Waals surface area (Å²) in [6.45, 7) is 10.3. The molecular weight excluding hydrogens is 432 g/mol. The summed E-state index contributed by atoms with van der Waals surface area (Å²) >= 11 is 0. The largest absolute Gasteiger partial charge is 0.490 e. The van der Waals surface area contributed by atoms with E-state index in [2.05, 4.69) is 40.9 Å². The van der Waals surface area contributed by atoms with Crippen molar-refractivity contribution in [2.45, 2.75) is 58.7 Å². The van der Waals surface area contributed by atoms with E-state index in [1.807, 2.05) is 13.8 Å². The van der Waals surface area contributed by atoms with E-state index in [0.29, 0.717) is 53.1 Å². The minimum atomic E-state index is -0.573. The maximum Gasteiger partial charge on any atom is 0.252 e. The van der Waals surface area contributed by atoms with Crippen LogP contribution in [-0.2, 0) is 4.79 Å². The molecule has 0 aliphatic carbocycles. The highest BCUT2D eigenvalue weighted by atomic mass is 16.5. The molecule has 1 atom stereocenters. The lowest BCUT2D eigenvalue weighted by molar-refractivity contribution is -0.119. The maximum absolute atomic E-state index is 12.2. The molecule has 2 saturated heterocycles. The lowest BCUT2D eigenvalue weighted by Gasteiger charge is -2.39. The predicted molar refractivity (Wildman–Crippen MR) is 130 cm³/mol. The molecule has 0 saturated carbocycles. The summed E-state index contributed by atoms with van der Waals surface area (Å²) in [7, 11) is 0. The zero-order chi connectivity index (χ0) is 24.4. The van der Waals surface area contributed by atoms with Crippen LogP contribution in [0.25, 0.3) is 10.8 Å². The predicted octanol–water partition coefficient (Wildman–Crippen LogP) is 2.47. The molecule has 0 radical (unpaired) electrons. The fourth-order valence-corrected chi connectivity index (χ4v) is 4.19. The zero-order valence-corrected chi connectivity index (χ0v) is 20.2. The van der Waals surface area contributed by atoms with Gasteiger partial charge in [0.25, 0.3) is 5.91 Å². The fraction of sp³-hybridized carbons (Fsp3) is 0.500. The minimum Gasteiger partial charge on any atom is -0.490 e. The summed E-state index contributed by atoms with van der Waals surface area (Å²) in [4.78, 5) is 30.6. The molecule has 0 spiro atoms. The molecule has 8 heteroatoms. The molecule has 2 aliphatic rings. The number of benzene rings is 1. The quantitative estimate of drug-likeness (QED) is 0.610. The first-order chi connectivity index (χ1) is 16.2. The molecule has 1 unspecified atom stereocenters. The maximum atomic E-state index is 12.2. The fourth-order valence-electron chi connectivity index (χ4n) is 4.19. The summed E-state index contributed by atoms with van der Waals surface area (Å²) in [6.07, 6.45) is 2.75. The average Bonchev–Trinajstić information content (AvgIpc) is 3.15. The van der Waals surface area contributed by atoms with Crippen molar-refractivity contribution in [3.8, 4) is 23.5 Å². The van der Waals surface area contributed by atoms with Gasteiger partial charge in [0.2, 0.25) is 11.8 Å². The van der Waals surface area contributed by atoms with E-state index >= 15 is 0 Å². The number of ether oxygens (including phenoxy) is 2. The Morgan fingerprint density at radius 3 is 2.65 bits per heavy atom. The van der Waals surface area contributed by atoms with Crippen LogP contribution < -0.4 is 20.5 Å². The molecule has 2 fully saturated rings. The molecule has 3 N–H and O–H groups in total. The first kappa shape index (κ1) is 23.8. The van der Waals surface area contributed by atoms with E-state index in [1.165, 1.54) is 0 Å². The van der Waals surface area contributed by atoms with E-state index < -0.39 is 5.91 Å². The number of amides is 2. The highest BCUT2D eigenvalue weighted by Gasteiger charge is 2.27. The Kier molecular flexibility index (Phi) is 6.94. The van der Waals surface area contributed by atoms with Crippen LogP contribution in [0.2, 0.25) is 0 Å². The standard InChI is InChI=1S/C26H32N4O4/c1-15(2)30-12-17(13-30)5-6-18-11-28-26(33-14-19-7-8-24(31)29-19)21-10-23(34-16(3)4)22(25(27)32)9-20(18)21/h9-11,15-17,19H,7-8,12-14H2,1-4H3,(H2,27,32)(H,29,31). The molecule has 180 valence electrons. The highest BCUT2D eigenvalue weighted by molar-refractivity contribution is 6.03. The first-order valence-electron chi connectivity index (χ1n) is 11.8. The topological polar surface area (TPSA) is 107 Å². The smallest absolute Gasteiger partial charge is 0.252 e. The van der Waals surface area contributed by atoms with E-state index in [0.717, 1.165) is 24.9 Å². The van der Waals surface area contributed by atoms with E-state index in [4.69, 9.17) is 15.2 Å². The number of rotatable bonds is 7. The monoisotopic (exact) mass is 464 g/mol. The second kappa shape index (κ2) is 9.90.